The molecule has 3 heteroatoms. The van der Waals surface area contributed by atoms with Crippen LogP contribution in [0, 0.1) is 12.3 Å². The third-order valence-electron chi connectivity index (χ3n) is 2.47. The van der Waals surface area contributed by atoms with Gasteiger partial charge in [0.05, 0.1) is 0 Å². The van der Waals surface area contributed by atoms with Crippen LogP contribution < -0.4 is 0 Å². The van der Waals surface area contributed by atoms with Gasteiger partial charge < -0.3 is 11.3 Å². The van der Waals surface area contributed by atoms with Crippen molar-refractivity contribution in [3.63, 3.8) is 0 Å². The fourth-order valence-electron chi connectivity index (χ4n) is 0.947. The minimum absolute atomic E-state index is 0. The van der Waals surface area contributed by atoms with E-state index in [1.54, 1.807) is 4.90 Å². The molecule has 0 aliphatic carbocycles. The Morgan fingerprint density at radius 1 is 1.46 bits per heavy atom. The number of hydrogen-bond acceptors (Lipinski definition) is 1. The van der Waals surface area contributed by atoms with E-state index < -0.39 is 0 Å². The van der Waals surface area contributed by atoms with Gasteiger partial charge in [0.25, 0.3) is 0 Å². The van der Waals surface area contributed by atoms with Crippen LogP contribution in [0.1, 0.15) is 34.1 Å². The Labute approximate surface area is 107 Å². The standard InChI is InChI=1S/C10H20NO.Y/c1-6-8(3)10(12)11(5)9(4)7-2;/h7-9H,6H2,1-5H3;/q-1;. The van der Waals surface area contributed by atoms with Gasteiger partial charge in [-0.1, -0.05) is 26.8 Å². The van der Waals surface area contributed by atoms with Crippen LogP contribution in [0.25, 0.3) is 0 Å². The van der Waals surface area contributed by atoms with Crippen molar-refractivity contribution in [1.29, 1.82) is 0 Å². The van der Waals surface area contributed by atoms with E-state index >= 15 is 0 Å². The first-order valence-corrected chi connectivity index (χ1v) is 4.60. The normalized spacial score (nSPS) is 14.2. The first kappa shape index (κ1) is 16.0. The number of hydrogen-bond donors (Lipinski definition) is 0. The number of rotatable bonds is 4. The van der Waals surface area contributed by atoms with Crippen molar-refractivity contribution in [2.75, 3.05) is 7.05 Å². The molecule has 1 amide bonds. The quantitative estimate of drug-likeness (QED) is 0.708. The number of carbonyl (C=O) groups excluding carboxylic acids is 1. The summed E-state index contributed by atoms with van der Waals surface area (Å²) in [4.78, 5) is 13.4. The molecule has 0 fully saturated rings. The van der Waals surface area contributed by atoms with Gasteiger partial charge in [0.2, 0.25) is 5.91 Å². The molecule has 0 N–H and O–H groups in total. The molecule has 0 aromatic rings. The summed E-state index contributed by atoms with van der Waals surface area (Å²) in [5.41, 5.74) is 0. The maximum absolute atomic E-state index is 11.6. The zero-order chi connectivity index (χ0) is 9.72. The summed E-state index contributed by atoms with van der Waals surface area (Å²) in [7, 11) is 1.86. The minimum Gasteiger partial charge on any atom is -0.373 e. The molecule has 75 valence electrons. The van der Waals surface area contributed by atoms with E-state index in [0.717, 1.165) is 6.42 Å². The van der Waals surface area contributed by atoms with Crippen LogP contribution in [-0.2, 0) is 37.5 Å². The molecule has 2 atom stereocenters. The number of nitrogens with zero attached hydrogens (tertiary/aromatic N) is 1. The van der Waals surface area contributed by atoms with Crippen LogP contribution in [0.3, 0.4) is 0 Å². The SMILES string of the molecule is C[CH-]C(C)N(C)C(=O)C(C)CC.[Y]. The Bertz CT molecular complexity index is 150. The molecule has 0 saturated heterocycles. The molecule has 13 heavy (non-hydrogen) atoms. The third kappa shape index (κ3) is 5.12. The van der Waals surface area contributed by atoms with E-state index in [0.29, 0.717) is 0 Å². The van der Waals surface area contributed by atoms with Gasteiger partial charge in [-0.15, -0.1) is 0 Å². The summed E-state index contributed by atoms with van der Waals surface area (Å²) in [6.07, 6.45) is 2.94. The number of amides is 1. The first-order chi connectivity index (χ1) is 5.54. The van der Waals surface area contributed by atoms with E-state index in [9.17, 15) is 4.79 Å². The van der Waals surface area contributed by atoms with E-state index in [-0.39, 0.29) is 50.6 Å². The minimum atomic E-state index is 0. The second-order valence-corrected chi connectivity index (χ2v) is 3.33. The summed E-state index contributed by atoms with van der Waals surface area (Å²) in [6.45, 7) is 8.02. The molecule has 0 heterocycles. The van der Waals surface area contributed by atoms with E-state index in [1.165, 1.54) is 0 Å². The second-order valence-electron chi connectivity index (χ2n) is 3.33. The van der Waals surface area contributed by atoms with Gasteiger partial charge in [0.1, 0.15) is 0 Å². The average molecular weight is 259 g/mol. The Hall–Kier alpha value is 0.574. The van der Waals surface area contributed by atoms with Gasteiger partial charge in [0.15, 0.2) is 0 Å². The Kier molecular flexibility index (Phi) is 9.77. The van der Waals surface area contributed by atoms with Crippen LogP contribution in [-0.4, -0.2) is 23.9 Å². The zero-order valence-corrected chi connectivity index (χ0v) is 12.2. The molecule has 0 spiro atoms. The molecule has 0 rings (SSSR count). The molecule has 0 saturated carbocycles. The van der Waals surface area contributed by atoms with Crippen LogP contribution in [0.5, 0.6) is 0 Å². The van der Waals surface area contributed by atoms with Gasteiger partial charge in [-0.3, -0.25) is 4.79 Å². The molecule has 0 aromatic heterocycles. The summed E-state index contributed by atoms with van der Waals surface area (Å²) in [5, 5.41) is 0. The van der Waals surface area contributed by atoms with Gasteiger partial charge >= 0.3 is 0 Å². The summed E-state index contributed by atoms with van der Waals surface area (Å²) in [6, 6.07) is 0.242. The predicted molar refractivity (Wildman–Crippen MR) is 51.7 cm³/mol. The van der Waals surface area contributed by atoms with Gasteiger partial charge in [-0.25, -0.2) is 0 Å². The van der Waals surface area contributed by atoms with Crippen molar-refractivity contribution in [2.45, 2.75) is 40.2 Å². The van der Waals surface area contributed by atoms with Crippen LogP contribution >= 0.6 is 0 Å². The summed E-state index contributed by atoms with van der Waals surface area (Å²) in [5.74, 6) is 0.389. The van der Waals surface area contributed by atoms with Crippen molar-refractivity contribution in [1.82, 2.24) is 4.90 Å². The average Bonchev–Trinajstić information content (AvgIpc) is 2.12. The maximum Gasteiger partial charge on any atom is 0.222 e. The van der Waals surface area contributed by atoms with E-state index in [1.807, 2.05) is 41.2 Å². The molecule has 1 radical (unpaired) electrons. The van der Waals surface area contributed by atoms with E-state index in [2.05, 4.69) is 0 Å². The fourth-order valence-corrected chi connectivity index (χ4v) is 0.947. The first-order valence-electron chi connectivity index (χ1n) is 4.60. The Morgan fingerprint density at radius 3 is 2.23 bits per heavy atom. The molecular weight excluding hydrogens is 239 g/mol. The second kappa shape index (κ2) is 7.93. The molecule has 0 aliphatic heterocycles. The Balaban J connectivity index is 0. The maximum atomic E-state index is 11.6. The molecular formula is C10H20NOY-. The van der Waals surface area contributed by atoms with Crippen molar-refractivity contribution in [2.24, 2.45) is 5.92 Å². The van der Waals surface area contributed by atoms with E-state index in [4.69, 9.17) is 0 Å². The molecule has 0 aromatic carbocycles. The molecule has 0 bridgehead atoms. The van der Waals surface area contributed by atoms with Crippen LogP contribution in [0.15, 0.2) is 0 Å². The molecule has 2 unspecified atom stereocenters. The molecule has 0 aliphatic rings. The van der Waals surface area contributed by atoms with Crippen molar-refractivity contribution < 1.29 is 37.5 Å². The van der Waals surface area contributed by atoms with Crippen molar-refractivity contribution >= 4 is 5.91 Å². The monoisotopic (exact) mass is 259 g/mol. The Morgan fingerprint density at radius 2 is 1.92 bits per heavy atom. The predicted octanol–water partition coefficient (Wildman–Crippen LogP) is 2.10. The summed E-state index contributed by atoms with van der Waals surface area (Å²) < 4.78 is 0. The topological polar surface area (TPSA) is 20.3 Å². The zero-order valence-electron chi connectivity index (χ0n) is 9.37. The molecule has 2 nitrogen and oxygen atoms in total. The van der Waals surface area contributed by atoms with Gasteiger partial charge in [-0.2, -0.15) is 6.92 Å². The number of carbonyl (C=O) groups is 1. The fraction of sp³-hybridized carbons (Fsp3) is 0.800. The summed E-state index contributed by atoms with van der Waals surface area (Å²) >= 11 is 0. The van der Waals surface area contributed by atoms with Crippen LogP contribution in [0.2, 0.25) is 0 Å². The van der Waals surface area contributed by atoms with Crippen molar-refractivity contribution in [3.05, 3.63) is 6.42 Å². The van der Waals surface area contributed by atoms with Crippen molar-refractivity contribution in [3.8, 4) is 0 Å². The van der Waals surface area contributed by atoms with Crippen LogP contribution in [0.4, 0.5) is 0 Å². The van der Waals surface area contributed by atoms with Gasteiger partial charge in [-0.05, 0) is 6.42 Å². The van der Waals surface area contributed by atoms with Gasteiger partial charge in [0, 0.05) is 45.7 Å². The smallest absolute Gasteiger partial charge is 0.222 e. The third-order valence-corrected chi connectivity index (χ3v) is 2.47. The largest absolute Gasteiger partial charge is 0.373 e.